The van der Waals surface area contributed by atoms with Gasteiger partial charge >= 0.3 is 0 Å². The van der Waals surface area contributed by atoms with E-state index in [0.29, 0.717) is 44.3 Å². The van der Waals surface area contributed by atoms with Gasteiger partial charge in [0.25, 0.3) is 5.56 Å². The van der Waals surface area contributed by atoms with Crippen LogP contribution in [-0.2, 0) is 16.1 Å². The predicted molar refractivity (Wildman–Crippen MR) is 113 cm³/mol. The van der Waals surface area contributed by atoms with E-state index in [1.807, 2.05) is 40.7 Å². The topological polar surface area (TPSA) is 75.0 Å². The van der Waals surface area contributed by atoms with E-state index in [9.17, 15) is 14.7 Å². The lowest BCUT2D eigenvalue weighted by Gasteiger charge is -2.39. The van der Waals surface area contributed by atoms with Gasteiger partial charge in [-0.2, -0.15) is 0 Å². The number of hydrogen-bond donors (Lipinski definition) is 1. The highest BCUT2D eigenvalue weighted by molar-refractivity contribution is 5.81. The molecule has 4 heterocycles. The largest absolute Gasteiger partial charge is 0.396 e. The molecular formula is C23H31N3O4. The molecule has 2 saturated heterocycles. The van der Waals surface area contributed by atoms with Gasteiger partial charge in [-0.05, 0) is 37.8 Å². The SMILES string of the molecule is C/C=C\c1ccc2n(c1=O)C[C@@H]1[C@@H](CO)[C@H](C(=O)N3CCOCC3)[C@H]2N1CC1CC1. The summed E-state index contributed by atoms with van der Waals surface area (Å²) < 4.78 is 7.30. The number of amides is 1. The summed E-state index contributed by atoms with van der Waals surface area (Å²) in [5.74, 6) is 0.294. The van der Waals surface area contributed by atoms with Crippen molar-refractivity contribution in [2.45, 2.75) is 38.4 Å². The fraction of sp³-hybridized carbons (Fsp3) is 0.652. The molecule has 162 valence electrons. The van der Waals surface area contributed by atoms with Crippen LogP contribution in [0.2, 0.25) is 0 Å². The number of fused-ring (bicyclic) bond motifs is 4. The van der Waals surface area contributed by atoms with Gasteiger partial charge < -0.3 is 19.3 Å². The molecular weight excluding hydrogens is 382 g/mol. The first kappa shape index (κ1) is 20.0. The molecule has 1 aromatic rings. The number of ether oxygens (including phenoxy) is 1. The third kappa shape index (κ3) is 3.24. The van der Waals surface area contributed by atoms with Crippen LogP contribution in [-0.4, -0.2) is 70.9 Å². The second kappa shape index (κ2) is 7.94. The molecule has 5 rings (SSSR count). The van der Waals surface area contributed by atoms with Crippen LogP contribution < -0.4 is 5.56 Å². The van der Waals surface area contributed by atoms with Crippen LogP contribution in [0.5, 0.6) is 0 Å². The van der Waals surface area contributed by atoms with Gasteiger partial charge in [0.2, 0.25) is 5.91 Å². The molecule has 1 aliphatic carbocycles. The quantitative estimate of drug-likeness (QED) is 0.783. The van der Waals surface area contributed by atoms with Gasteiger partial charge in [-0.3, -0.25) is 14.5 Å². The van der Waals surface area contributed by atoms with Crippen molar-refractivity contribution in [3.63, 3.8) is 0 Å². The standard InChI is InChI=1S/C23H31N3O4/c1-2-3-16-6-7-18-21-20(23(29)24-8-10-30-11-9-24)17(14-27)19(13-26(18)22(16)28)25(21)12-15-4-5-15/h2-3,6-7,15,17,19-21,27H,4-5,8-14H2,1H3/b3-2-/t17-,19-,20+,21+/m1/s1. The molecule has 0 spiro atoms. The zero-order valence-corrected chi connectivity index (χ0v) is 17.6. The average molecular weight is 414 g/mol. The molecule has 1 aromatic heterocycles. The fourth-order valence-corrected chi connectivity index (χ4v) is 5.67. The van der Waals surface area contributed by atoms with Gasteiger partial charge in [-0.1, -0.05) is 12.2 Å². The summed E-state index contributed by atoms with van der Waals surface area (Å²) in [7, 11) is 0. The summed E-state index contributed by atoms with van der Waals surface area (Å²) in [5, 5.41) is 10.4. The zero-order valence-electron chi connectivity index (χ0n) is 17.6. The van der Waals surface area contributed by atoms with Crippen molar-refractivity contribution < 1.29 is 14.6 Å². The first-order chi connectivity index (χ1) is 14.6. The Morgan fingerprint density at radius 2 is 2.03 bits per heavy atom. The van der Waals surface area contributed by atoms with E-state index < -0.39 is 0 Å². The molecule has 3 aliphatic heterocycles. The lowest BCUT2D eigenvalue weighted by Crippen LogP contribution is -2.48. The van der Waals surface area contributed by atoms with Crippen molar-refractivity contribution in [1.29, 1.82) is 0 Å². The molecule has 4 aliphatic rings. The Morgan fingerprint density at radius 3 is 2.70 bits per heavy atom. The Bertz CT molecular complexity index is 900. The van der Waals surface area contributed by atoms with Crippen molar-refractivity contribution >= 4 is 12.0 Å². The molecule has 7 heteroatoms. The molecule has 1 amide bonds. The van der Waals surface area contributed by atoms with Gasteiger partial charge in [0.15, 0.2) is 0 Å². The highest BCUT2D eigenvalue weighted by atomic mass is 16.5. The van der Waals surface area contributed by atoms with E-state index in [1.54, 1.807) is 0 Å². The number of rotatable bonds is 5. The van der Waals surface area contributed by atoms with Gasteiger partial charge in [0.1, 0.15) is 0 Å². The maximum atomic E-state index is 13.7. The van der Waals surface area contributed by atoms with E-state index in [4.69, 9.17) is 4.74 Å². The third-order valence-corrected chi connectivity index (χ3v) is 7.32. The van der Waals surface area contributed by atoms with Gasteiger partial charge in [0, 0.05) is 56.0 Å². The smallest absolute Gasteiger partial charge is 0.258 e. The number of carbonyl (C=O) groups excluding carboxylic acids is 1. The minimum absolute atomic E-state index is 0.00262. The lowest BCUT2D eigenvalue weighted by atomic mass is 9.86. The first-order valence-electron chi connectivity index (χ1n) is 11.2. The second-order valence-corrected chi connectivity index (χ2v) is 9.09. The minimum atomic E-state index is -0.322. The number of allylic oxidation sites excluding steroid dienone is 1. The number of carbonyl (C=O) groups is 1. The van der Waals surface area contributed by atoms with E-state index in [0.717, 1.165) is 12.2 Å². The van der Waals surface area contributed by atoms with E-state index in [2.05, 4.69) is 4.90 Å². The molecule has 0 unspecified atom stereocenters. The van der Waals surface area contributed by atoms with Crippen LogP contribution in [0.25, 0.3) is 6.08 Å². The number of aliphatic hydroxyl groups is 1. The normalized spacial score (nSPS) is 31.3. The zero-order chi connectivity index (χ0) is 20.8. The number of morpholine rings is 1. The summed E-state index contributed by atoms with van der Waals surface area (Å²) in [6, 6.07) is 3.77. The molecule has 30 heavy (non-hydrogen) atoms. The fourth-order valence-electron chi connectivity index (χ4n) is 5.67. The van der Waals surface area contributed by atoms with Gasteiger partial charge in [-0.25, -0.2) is 0 Å². The Kier molecular flexibility index (Phi) is 5.29. The lowest BCUT2D eigenvalue weighted by molar-refractivity contribution is -0.142. The summed E-state index contributed by atoms with van der Waals surface area (Å²) in [6.45, 7) is 5.68. The molecule has 0 radical (unpaired) electrons. The maximum Gasteiger partial charge on any atom is 0.258 e. The van der Waals surface area contributed by atoms with Crippen LogP contribution >= 0.6 is 0 Å². The van der Waals surface area contributed by atoms with Gasteiger partial charge in [-0.15, -0.1) is 0 Å². The summed E-state index contributed by atoms with van der Waals surface area (Å²) in [6.07, 6.45) is 6.18. The summed E-state index contributed by atoms with van der Waals surface area (Å²) in [5.41, 5.74) is 1.60. The average Bonchev–Trinajstić information content (AvgIpc) is 3.55. The maximum absolute atomic E-state index is 13.7. The highest BCUT2D eigenvalue weighted by Gasteiger charge is 2.57. The van der Waals surface area contributed by atoms with Crippen molar-refractivity contribution in [3.05, 3.63) is 39.8 Å². The van der Waals surface area contributed by atoms with E-state index >= 15 is 0 Å². The van der Waals surface area contributed by atoms with Crippen molar-refractivity contribution in [1.82, 2.24) is 14.4 Å². The number of pyridine rings is 1. The Balaban J connectivity index is 1.58. The predicted octanol–water partition coefficient (Wildman–Crippen LogP) is 1.11. The molecule has 1 N–H and O–H groups in total. The van der Waals surface area contributed by atoms with Crippen molar-refractivity contribution in [3.8, 4) is 0 Å². The second-order valence-electron chi connectivity index (χ2n) is 9.09. The first-order valence-corrected chi connectivity index (χ1v) is 11.2. The molecule has 1 saturated carbocycles. The molecule has 3 fully saturated rings. The third-order valence-electron chi connectivity index (χ3n) is 7.32. The Morgan fingerprint density at radius 1 is 1.27 bits per heavy atom. The monoisotopic (exact) mass is 413 g/mol. The summed E-state index contributed by atoms with van der Waals surface area (Å²) >= 11 is 0. The minimum Gasteiger partial charge on any atom is -0.396 e. The van der Waals surface area contributed by atoms with Crippen LogP contribution in [0.1, 0.15) is 37.1 Å². The van der Waals surface area contributed by atoms with Crippen LogP contribution in [0.4, 0.5) is 0 Å². The molecule has 2 bridgehead atoms. The Labute approximate surface area is 176 Å². The highest BCUT2D eigenvalue weighted by Crippen LogP contribution is 2.50. The Hall–Kier alpha value is -1.96. The number of hydrogen-bond acceptors (Lipinski definition) is 5. The number of aromatic nitrogens is 1. The van der Waals surface area contributed by atoms with Gasteiger partial charge in [0.05, 0.1) is 25.2 Å². The molecule has 4 atom stereocenters. The summed E-state index contributed by atoms with van der Waals surface area (Å²) in [4.78, 5) is 31.1. The van der Waals surface area contributed by atoms with Crippen molar-refractivity contribution in [2.24, 2.45) is 17.8 Å². The number of aliphatic hydroxyl groups excluding tert-OH is 1. The van der Waals surface area contributed by atoms with Crippen molar-refractivity contribution in [2.75, 3.05) is 39.5 Å². The number of nitrogens with zero attached hydrogens (tertiary/aromatic N) is 3. The van der Waals surface area contributed by atoms with E-state index in [-0.39, 0.29) is 42.0 Å². The van der Waals surface area contributed by atoms with Crippen LogP contribution in [0.3, 0.4) is 0 Å². The molecule has 0 aromatic carbocycles. The van der Waals surface area contributed by atoms with Crippen LogP contribution in [0, 0.1) is 17.8 Å². The van der Waals surface area contributed by atoms with E-state index in [1.165, 1.54) is 12.8 Å². The molecule has 7 nitrogen and oxygen atoms in total. The van der Waals surface area contributed by atoms with Crippen LogP contribution in [0.15, 0.2) is 23.0 Å².